The summed E-state index contributed by atoms with van der Waals surface area (Å²) in [7, 11) is 0. The van der Waals surface area contributed by atoms with Gasteiger partial charge in [0.2, 0.25) is 0 Å². The van der Waals surface area contributed by atoms with E-state index in [-0.39, 0.29) is 17.6 Å². The Labute approximate surface area is 176 Å². The van der Waals surface area contributed by atoms with Gasteiger partial charge in [0.05, 0.1) is 6.61 Å². The van der Waals surface area contributed by atoms with Gasteiger partial charge in [0.1, 0.15) is 11.5 Å². The van der Waals surface area contributed by atoms with Gasteiger partial charge in [-0.2, -0.15) is 0 Å². The van der Waals surface area contributed by atoms with Crippen LogP contribution < -0.4 is 0 Å². The molecule has 5 nitrogen and oxygen atoms in total. The zero-order chi connectivity index (χ0) is 21.2. The van der Waals surface area contributed by atoms with E-state index in [4.69, 9.17) is 10.2 Å². The maximum atomic E-state index is 11.1. The van der Waals surface area contributed by atoms with Crippen LogP contribution in [0.15, 0.2) is 0 Å². The molecule has 4 atom stereocenters. The zero-order valence-corrected chi connectivity index (χ0v) is 18.8. The summed E-state index contributed by atoms with van der Waals surface area (Å²) in [5.41, 5.74) is -1.08. The second-order valence-corrected chi connectivity index (χ2v) is 9.52. The maximum absolute atomic E-state index is 11.1. The monoisotopic (exact) mass is 420 g/mol. The molecule has 0 bridgehead atoms. The number of carboxylic acid groups (broad SMARTS) is 1. The Bertz CT molecular complexity index is 367. The van der Waals surface area contributed by atoms with E-state index in [9.17, 15) is 15.0 Å². The summed E-state index contributed by atoms with van der Waals surface area (Å²) in [4.78, 5) is 11.1. The Morgan fingerprint density at radius 3 is 1.75 bits per heavy atom. The molecule has 0 radical (unpaired) electrons. The van der Waals surface area contributed by atoms with Crippen molar-refractivity contribution in [2.75, 3.05) is 6.61 Å². The van der Waals surface area contributed by atoms with Crippen molar-refractivity contribution in [2.24, 2.45) is 5.92 Å². The van der Waals surface area contributed by atoms with E-state index in [1.54, 1.807) is 0 Å². The van der Waals surface area contributed by atoms with Crippen LogP contribution in [0.2, 0.25) is 0 Å². The van der Waals surface area contributed by atoms with Crippen molar-refractivity contribution in [2.45, 2.75) is 121 Å². The molecule has 0 aliphatic heterocycles. The van der Waals surface area contributed by atoms with Crippen LogP contribution in [0.1, 0.15) is 104 Å². The predicted molar refractivity (Wildman–Crippen MR) is 118 cm³/mol. The van der Waals surface area contributed by atoms with Crippen molar-refractivity contribution in [1.29, 1.82) is 0 Å². The van der Waals surface area contributed by atoms with Gasteiger partial charge in [-0.15, -0.1) is 11.8 Å². The number of rotatable bonds is 20. The van der Waals surface area contributed by atoms with Crippen LogP contribution >= 0.6 is 11.8 Å². The zero-order valence-electron chi connectivity index (χ0n) is 18.0. The normalized spacial score (nSPS) is 15.9. The van der Waals surface area contributed by atoms with E-state index in [0.717, 1.165) is 31.0 Å². The molecule has 0 saturated carbocycles. The Kier molecular flexibility index (Phi) is 18.5. The first-order chi connectivity index (χ1) is 13.4. The van der Waals surface area contributed by atoms with Gasteiger partial charge < -0.3 is 20.4 Å². The predicted octanol–water partition coefficient (Wildman–Crippen LogP) is 4.96. The molecule has 0 aromatic carbocycles. The molecule has 0 aromatic heterocycles. The SMILES string of the molecule is CCCCCCCCCCCCCCC(CC(=O)O)C(C)SC(O)C(O)CO. The number of unbranched alkanes of at least 4 members (excludes halogenated alkanes) is 11. The lowest BCUT2D eigenvalue weighted by Gasteiger charge is -2.26. The Morgan fingerprint density at radius 1 is 0.857 bits per heavy atom. The van der Waals surface area contributed by atoms with Crippen molar-refractivity contribution in [3.63, 3.8) is 0 Å². The van der Waals surface area contributed by atoms with Gasteiger partial charge >= 0.3 is 5.97 Å². The van der Waals surface area contributed by atoms with Crippen LogP contribution in [0.4, 0.5) is 0 Å². The highest BCUT2D eigenvalue weighted by molar-refractivity contribution is 8.00. The fourth-order valence-corrected chi connectivity index (χ4v) is 4.65. The smallest absolute Gasteiger partial charge is 0.303 e. The summed E-state index contributed by atoms with van der Waals surface area (Å²) < 4.78 is 0. The number of carboxylic acids is 1. The second-order valence-electron chi connectivity index (χ2n) is 8.02. The molecule has 0 fully saturated rings. The minimum atomic E-state index is -1.19. The van der Waals surface area contributed by atoms with Crippen LogP contribution in [-0.4, -0.2) is 49.8 Å². The molecule has 4 unspecified atom stereocenters. The first-order valence-electron chi connectivity index (χ1n) is 11.3. The topological polar surface area (TPSA) is 98.0 Å². The number of carbonyl (C=O) groups is 1. The Hall–Kier alpha value is -0.300. The fraction of sp³-hybridized carbons (Fsp3) is 0.955. The summed E-state index contributed by atoms with van der Waals surface area (Å²) in [6.07, 6.45) is 15.0. The first-order valence-corrected chi connectivity index (χ1v) is 12.2. The van der Waals surface area contributed by atoms with Gasteiger partial charge in [-0.25, -0.2) is 0 Å². The molecule has 0 saturated heterocycles. The van der Waals surface area contributed by atoms with E-state index in [2.05, 4.69) is 6.92 Å². The highest BCUT2D eigenvalue weighted by Gasteiger charge is 2.25. The molecule has 6 heteroatoms. The minimum Gasteiger partial charge on any atom is -0.481 e. The quantitative estimate of drug-likeness (QED) is 0.164. The molecule has 0 rings (SSSR count). The Morgan fingerprint density at radius 2 is 1.32 bits per heavy atom. The summed E-state index contributed by atoms with van der Waals surface area (Å²) in [5.74, 6) is -0.861. The van der Waals surface area contributed by atoms with Gasteiger partial charge in [-0.3, -0.25) is 4.79 Å². The molecule has 0 heterocycles. The van der Waals surface area contributed by atoms with E-state index in [1.807, 2.05) is 6.92 Å². The van der Waals surface area contributed by atoms with Crippen LogP contribution in [0.5, 0.6) is 0 Å². The number of hydrogen-bond acceptors (Lipinski definition) is 5. The lowest BCUT2D eigenvalue weighted by molar-refractivity contribution is -0.138. The number of thioether (sulfide) groups is 1. The number of aliphatic hydroxyl groups is 3. The summed E-state index contributed by atoms with van der Waals surface area (Å²) in [6.45, 7) is 3.64. The molecular formula is C22H44O5S. The van der Waals surface area contributed by atoms with E-state index in [0.29, 0.717) is 0 Å². The highest BCUT2D eigenvalue weighted by atomic mass is 32.2. The maximum Gasteiger partial charge on any atom is 0.303 e. The lowest BCUT2D eigenvalue weighted by Crippen LogP contribution is -2.30. The molecule has 0 aromatic rings. The van der Waals surface area contributed by atoms with E-state index < -0.39 is 24.1 Å². The molecule has 168 valence electrons. The van der Waals surface area contributed by atoms with Crippen molar-refractivity contribution < 1.29 is 25.2 Å². The molecule has 0 aliphatic carbocycles. The van der Waals surface area contributed by atoms with E-state index >= 15 is 0 Å². The third-order valence-electron chi connectivity index (χ3n) is 5.40. The molecular weight excluding hydrogens is 376 g/mol. The summed E-state index contributed by atoms with van der Waals surface area (Å²) in [6, 6.07) is 0. The van der Waals surface area contributed by atoms with Crippen molar-refractivity contribution in [3.05, 3.63) is 0 Å². The van der Waals surface area contributed by atoms with Crippen LogP contribution in [0, 0.1) is 5.92 Å². The number of hydrogen-bond donors (Lipinski definition) is 4. The number of aliphatic hydroxyl groups excluding tert-OH is 3. The van der Waals surface area contributed by atoms with Gasteiger partial charge in [0.15, 0.2) is 0 Å². The second kappa shape index (κ2) is 18.7. The van der Waals surface area contributed by atoms with E-state index in [1.165, 1.54) is 64.2 Å². The summed E-state index contributed by atoms with van der Waals surface area (Å²) in [5, 5.41) is 37.3. The van der Waals surface area contributed by atoms with Gasteiger partial charge in [-0.1, -0.05) is 90.9 Å². The van der Waals surface area contributed by atoms with Crippen LogP contribution in [0.3, 0.4) is 0 Å². The average Bonchev–Trinajstić information content (AvgIpc) is 2.66. The molecule has 0 spiro atoms. The van der Waals surface area contributed by atoms with Gasteiger partial charge in [0.25, 0.3) is 0 Å². The largest absolute Gasteiger partial charge is 0.481 e. The minimum absolute atomic E-state index is 0.0360. The van der Waals surface area contributed by atoms with Crippen molar-refractivity contribution in [3.8, 4) is 0 Å². The van der Waals surface area contributed by atoms with Crippen LogP contribution in [-0.2, 0) is 4.79 Å². The third kappa shape index (κ3) is 15.6. The molecule has 0 aliphatic rings. The Balaban J connectivity index is 3.87. The lowest BCUT2D eigenvalue weighted by atomic mass is 9.94. The molecule has 28 heavy (non-hydrogen) atoms. The standard InChI is InChI=1S/C22H44O5S/c1-3-4-5-6-7-8-9-10-11-12-13-14-15-19(16-21(25)26)18(2)28-22(27)20(24)17-23/h18-20,22-24,27H,3-17H2,1-2H3,(H,25,26). The van der Waals surface area contributed by atoms with Crippen LogP contribution in [0.25, 0.3) is 0 Å². The average molecular weight is 421 g/mol. The van der Waals surface area contributed by atoms with Crippen molar-refractivity contribution >= 4 is 17.7 Å². The fourth-order valence-electron chi connectivity index (χ4n) is 3.49. The highest BCUT2D eigenvalue weighted by Crippen LogP contribution is 2.30. The first kappa shape index (κ1) is 27.7. The molecule has 4 N–H and O–H groups in total. The van der Waals surface area contributed by atoms with Crippen molar-refractivity contribution in [1.82, 2.24) is 0 Å². The van der Waals surface area contributed by atoms with Gasteiger partial charge in [0, 0.05) is 11.7 Å². The number of aliphatic carboxylic acids is 1. The molecule has 0 amide bonds. The van der Waals surface area contributed by atoms with Gasteiger partial charge in [-0.05, 0) is 12.3 Å². The summed E-state index contributed by atoms with van der Waals surface area (Å²) >= 11 is 1.15. The third-order valence-corrected chi connectivity index (χ3v) is 6.81.